The Labute approximate surface area is 157 Å². The predicted octanol–water partition coefficient (Wildman–Crippen LogP) is 2.54. The lowest BCUT2D eigenvalue weighted by Crippen LogP contribution is -2.23. The smallest absolute Gasteiger partial charge is 0.167 e. The fraction of sp³-hybridized carbons (Fsp3) is 0.474. The first-order valence-corrected chi connectivity index (χ1v) is 8.05. The third kappa shape index (κ3) is 8.82. The van der Waals surface area contributed by atoms with Crippen molar-refractivity contribution in [1.82, 2.24) is 9.80 Å². The van der Waals surface area contributed by atoms with Crippen LogP contribution in [0, 0.1) is 0 Å². The number of hydrogen-bond acceptors (Lipinski definition) is 5. The minimum absolute atomic E-state index is 0. The molecule has 0 aliphatic heterocycles. The number of methoxy groups -OCH3 is 1. The summed E-state index contributed by atoms with van der Waals surface area (Å²) in [4.78, 5) is 28.9. The maximum atomic E-state index is 12.5. The van der Waals surface area contributed by atoms with Crippen LogP contribution in [0.1, 0.15) is 18.4 Å². The van der Waals surface area contributed by atoms with Gasteiger partial charge in [0.25, 0.3) is 0 Å². The minimum atomic E-state index is -0.108. The van der Waals surface area contributed by atoms with Gasteiger partial charge in [0.2, 0.25) is 0 Å². The second kappa shape index (κ2) is 11.8. The van der Waals surface area contributed by atoms with Crippen LogP contribution in [0.3, 0.4) is 0 Å². The summed E-state index contributed by atoms with van der Waals surface area (Å²) in [5, 5.41) is 0. The zero-order valence-electron chi connectivity index (χ0n) is 15.7. The average molecular weight is 369 g/mol. The number of halogens is 1. The van der Waals surface area contributed by atoms with Gasteiger partial charge in [-0.3, -0.25) is 9.59 Å². The van der Waals surface area contributed by atoms with Crippen molar-refractivity contribution in [3.05, 3.63) is 35.4 Å². The molecule has 0 aromatic heterocycles. The summed E-state index contributed by atoms with van der Waals surface area (Å²) in [5.41, 5.74) is 1.10. The summed E-state index contributed by atoms with van der Waals surface area (Å²) in [5.74, 6) is 0.526. The van der Waals surface area contributed by atoms with E-state index in [1.165, 1.54) is 0 Å². The zero-order chi connectivity index (χ0) is 18.1. The van der Waals surface area contributed by atoms with Crippen molar-refractivity contribution in [2.45, 2.75) is 12.8 Å². The summed E-state index contributed by atoms with van der Waals surface area (Å²) in [6.45, 7) is 1.25. The normalized spacial score (nSPS) is 10.4. The molecule has 0 saturated carbocycles. The monoisotopic (exact) mass is 368 g/mol. The van der Waals surface area contributed by atoms with Crippen LogP contribution in [-0.2, 0) is 9.59 Å². The lowest BCUT2D eigenvalue weighted by Gasteiger charge is -2.12. The number of ketones is 2. The number of hydrogen-bond donors (Lipinski definition) is 0. The van der Waals surface area contributed by atoms with E-state index in [1.807, 2.05) is 62.3 Å². The van der Waals surface area contributed by atoms with Gasteiger partial charge in [0.05, 0.1) is 12.7 Å². The van der Waals surface area contributed by atoms with E-state index < -0.39 is 0 Å². The highest BCUT2D eigenvalue weighted by atomic mass is 35.5. The number of allylic oxidation sites excluding steroid dienone is 1. The van der Waals surface area contributed by atoms with E-state index in [0.29, 0.717) is 25.9 Å². The van der Waals surface area contributed by atoms with Crippen LogP contribution >= 0.6 is 12.4 Å². The van der Waals surface area contributed by atoms with Crippen molar-refractivity contribution in [3.8, 4) is 5.75 Å². The maximum absolute atomic E-state index is 12.5. The van der Waals surface area contributed by atoms with Gasteiger partial charge in [0, 0.05) is 25.9 Å². The average Bonchev–Trinajstić information content (AvgIpc) is 2.55. The van der Waals surface area contributed by atoms with E-state index in [1.54, 1.807) is 13.2 Å². The molecule has 0 spiro atoms. The van der Waals surface area contributed by atoms with Gasteiger partial charge in [-0.25, -0.2) is 0 Å². The number of benzene rings is 1. The second-order valence-corrected chi connectivity index (χ2v) is 6.28. The van der Waals surface area contributed by atoms with E-state index in [9.17, 15) is 9.59 Å². The van der Waals surface area contributed by atoms with Gasteiger partial charge in [-0.15, -0.1) is 12.4 Å². The molecule has 0 unspecified atom stereocenters. The van der Waals surface area contributed by atoms with Gasteiger partial charge in [-0.1, -0.05) is 12.1 Å². The van der Waals surface area contributed by atoms with Crippen LogP contribution < -0.4 is 4.74 Å². The van der Waals surface area contributed by atoms with E-state index >= 15 is 0 Å². The molecule has 0 fully saturated rings. The maximum Gasteiger partial charge on any atom is 0.167 e. The van der Waals surface area contributed by atoms with Gasteiger partial charge in [-0.05, 0) is 52.0 Å². The molecule has 6 heteroatoms. The highest BCUT2D eigenvalue weighted by Crippen LogP contribution is 2.16. The number of rotatable bonds is 10. The second-order valence-electron chi connectivity index (χ2n) is 6.28. The van der Waals surface area contributed by atoms with Gasteiger partial charge >= 0.3 is 0 Å². The van der Waals surface area contributed by atoms with Crippen LogP contribution in [0.25, 0.3) is 6.08 Å². The molecule has 0 N–H and O–H groups in total. The molecule has 1 aromatic carbocycles. The van der Waals surface area contributed by atoms with Crippen molar-refractivity contribution in [2.75, 3.05) is 48.4 Å². The molecule has 25 heavy (non-hydrogen) atoms. The minimum Gasteiger partial charge on any atom is -0.497 e. The summed E-state index contributed by atoms with van der Waals surface area (Å²) < 4.78 is 5.13. The lowest BCUT2D eigenvalue weighted by atomic mass is 9.98. The molecule has 0 amide bonds. The largest absolute Gasteiger partial charge is 0.497 e. The van der Waals surface area contributed by atoms with Crippen LogP contribution in [0.15, 0.2) is 29.8 Å². The number of carbonyl (C=O) groups is 2. The van der Waals surface area contributed by atoms with Crippen molar-refractivity contribution in [2.24, 2.45) is 0 Å². The summed E-state index contributed by atoms with van der Waals surface area (Å²) >= 11 is 0. The quantitative estimate of drug-likeness (QED) is 0.361. The molecule has 1 rings (SSSR count). The zero-order valence-corrected chi connectivity index (χ0v) is 16.6. The Balaban J connectivity index is 0.00000576. The van der Waals surface area contributed by atoms with Gasteiger partial charge in [0.15, 0.2) is 11.6 Å². The fourth-order valence-corrected chi connectivity index (χ4v) is 2.10. The lowest BCUT2D eigenvalue weighted by molar-refractivity contribution is -0.121. The highest BCUT2D eigenvalue weighted by molar-refractivity contribution is 6.23. The Hall–Kier alpha value is -1.69. The van der Waals surface area contributed by atoms with Crippen LogP contribution in [0.2, 0.25) is 0 Å². The standard InChI is InChI=1S/C19H28N2O3.ClH/c1-20(2)12-10-18(22)17(19(23)11-13-21(3)4)14-15-6-8-16(24-5)9-7-15;/h6-9,14H,10-13H2,1-5H3;1H. The Morgan fingerprint density at radius 1 is 0.920 bits per heavy atom. The third-order valence-electron chi connectivity index (χ3n) is 3.60. The first-order chi connectivity index (χ1) is 11.3. The van der Waals surface area contributed by atoms with Crippen molar-refractivity contribution < 1.29 is 14.3 Å². The van der Waals surface area contributed by atoms with E-state index in [2.05, 4.69) is 0 Å². The van der Waals surface area contributed by atoms with Crippen molar-refractivity contribution in [1.29, 1.82) is 0 Å². The molecule has 140 valence electrons. The highest BCUT2D eigenvalue weighted by Gasteiger charge is 2.18. The Kier molecular flexibility index (Phi) is 11.0. The Bertz CT molecular complexity index is 555. The molecule has 0 radical (unpaired) electrons. The van der Waals surface area contributed by atoms with Crippen LogP contribution in [0.5, 0.6) is 5.75 Å². The van der Waals surface area contributed by atoms with E-state index in [4.69, 9.17) is 4.74 Å². The van der Waals surface area contributed by atoms with Gasteiger partial charge < -0.3 is 14.5 Å². The summed E-state index contributed by atoms with van der Waals surface area (Å²) in [6.07, 6.45) is 2.36. The van der Waals surface area contributed by atoms with Crippen LogP contribution in [-0.4, -0.2) is 69.8 Å². The van der Waals surface area contributed by atoms with E-state index in [0.717, 1.165) is 11.3 Å². The SMILES string of the molecule is COc1ccc(C=C(C(=O)CCN(C)C)C(=O)CCN(C)C)cc1.Cl. The molecule has 0 heterocycles. The molecule has 0 aliphatic rings. The summed E-state index contributed by atoms with van der Waals surface area (Å²) in [6, 6.07) is 7.32. The molecule has 1 aromatic rings. The molecule has 5 nitrogen and oxygen atoms in total. The third-order valence-corrected chi connectivity index (χ3v) is 3.60. The first-order valence-electron chi connectivity index (χ1n) is 8.05. The number of carbonyl (C=O) groups excluding carboxylic acids is 2. The Morgan fingerprint density at radius 3 is 1.72 bits per heavy atom. The number of ether oxygens (including phenoxy) is 1. The van der Waals surface area contributed by atoms with Gasteiger partial charge in [-0.2, -0.15) is 0 Å². The van der Waals surface area contributed by atoms with Crippen LogP contribution in [0.4, 0.5) is 0 Å². The van der Waals surface area contributed by atoms with Gasteiger partial charge in [0.1, 0.15) is 5.75 Å². The topological polar surface area (TPSA) is 49.9 Å². The first kappa shape index (κ1) is 23.3. The van der Waals surface area contributed by atoms with Crippen molar-refractivity contribution >= 4 is 30.0 Å². The number of nitrogens with zero attached hydrogens (tertiary/aromatic N) is 2. The molecule has 0 bridgehead atoms. The molecular formula is C19H29ClN2O3. The molecule has 0 atom stereocenters. The number of Topliss-reactive ketones (excluding diaryl/α,β-unsaturated/α-hetero) is 2. The molecular weight excluding hydrogens is 340 g/mol. The molecule has 0 aliphatic carbocycles. The molecule has 0 saturated heterocycles. The summed E-state index contributed by atoms with van der Waals surface area (Å²) in [7, 11) is 9.25. The van der Waals surface area contributed by atoms with Crippen molar-refractivity contribution in [3.63, 3.8) is 0 Å². The van der Waals surface area contributed by atoms with E-state index in [-0.39, 0.29) is 29.5 Å². The predicted molar refractivity (Wildman–Crippen MR) is 105 cm³/mol. The fourth-order valence-electron chi connectivity index (χ4n) is 2.10. The Morgan fingerprint density at radius 2 is 1.36 bits per heavy atom.